The van der Waals surface area contributed by atoms with Gasteiger partial charge in [0.05, 0.1) is 27.7 Å². The number of imide groups is 1. The van der Waals surface area contributed by atoms with Crippen LogP contribution in [0.5, 0.6) is 11.5 Å². The second-order valence-corrected chi connectivity index (χ2v) is 9.72. The molecule has 186 valence electrons. The molecule has 3 aliphatic heterocycles. The molecule has 8 rings (SSSR count). The quantitative estimate of drug-likeness (QED) is 0.218. The van der Waals surface area contributed by atoms with Crippen LogP contribution in [0.1, 0.15) is 33.0 Å². The minimum Gasteiger partial charge on any atom is -0.508 e. The molecule has 1 fully saturated rings. The third kappa shape index (κ3) is 2.27. The zero-order valence-corrected chi connectivity index (χ0v) is 19.2. The Morgan fingerprint density at radius 1 is 0.865 bits per heavy atom. The fourth-order valence-corrected chi connectivity index (χ4v) is 6.67. The Balaban J connectivity index is 1.70. The highest BCUT2D eigenvalue weighted by molar-refractivity contribution is 6.39. The largest absolute Gasteiger partial charge is 0.508 e. The van der Waals surface area contributed by atoms with E-state index in [0.717, 1.165) is 0 Å². The van der Waals surface area contributed by atoms with Crippen molar-refractivity contribution in [2.75, 3.05) is 7.11 Å². The van der Waals surface area contributed by atoms with E-state index in [1.165, 1.54) is 31.4 Å². The lowest BCUT2D eigenvalue weighted by Crippen LogP contribution is -2.54. The highest BCUT2D eigenvalue weighted by Crippen LogP contribution is 2.54. The molecule has 37 heavy (non-hydrogen) atoms. The van der Waals surface area contributed by atoms with Crippen molar-refractivity contribution >= 4 is 55.4 Å². The van der Waals surface area contributed by atoms with E-state index in [1.54, 1.807) is 16.7 Å². The molecule has 5 N–H and O–H groups in total. The van der Waals surface area contributed by atoms with Gasteiger partial charge in [-0.2, -0.15) is 0 Å². The van der Waals surface area contributed by atoms with Crippen LogP contribution in [0.25, 0.3) is 43.6 Å². The lowest BCUT2D eigenvalue weighted by atomic mass is 9.94. The molecule has 3 aromatic carbocycles. The number of fused-ring (bicyclic) bond motifs is 12. The zero-order valence-electron chi connectivity index (χ0n) is 19.2. The number of nitrogens with zero attached hydrogens (tertiary/aromatic N) is 2. The SMILES string of the molecule is COC1C(O)OC2C(C1O)n1c3ccc(O)cc3c3c4c(c5c6cc(O)ccc6n2c5c31)C(=O)NC4=O. The topological polar surface area (TPSA) is 155 Å². The number of aromatic nitrogens is 2. The summed E-state index contributed by atoms with van der Waals surface area (Å²) < 4.78 is 15.1. The fraction of sp³-hybridized carbons (Fsp3) is 0.231. The van der Waals surface area contributed by atoms with Crippen LogP contribution in [0.2, 0.25) is 0 Å². The van der Waals surface area contributed by atoms with Gasteiger partial charge in [0.15, 0.2) is 12.5 Å². The number of nitrogens with one attached hydrogen (secondary N) is 1. The number of hydrogen-bond donors (Lipinski definition) is 5. The fourth-order valence-electron chi connectivity index (χ4n) is 6.67. The standard InChI is InChI=1S/C26H19N3O8/c1-36-22-21(32)20-25(37-26(22)35)29-13-5-3-9(31)7-11(13)15-17-16(23(33)27-24(17)34)14-10-6-8(30)2-4-12(10)28(20)18(14)19(15)29/h2-7,20-22,25-26,30-32,35H,1H3,(H,27,33,34). The number of aliphatic hydroxyl groups excluding tert-OH is 2. The highest BCUT2D eigenvalue weighted by Gasteiger charge is 2.51. The second kappa shape index (κ2) is 6.58. The molecule has 3 aliphatic rings. The number of carbonyl (C=O) groups excluding carboxylic acids is 2. The van der Waals surface area contributed by atoms with Crippen molar-refractivity contribution in [2.24, 2.45) is 0 Å². The molecule has 11 heteroatoms. The summed E-state index contributed by atoms with van der Waals surface area (Å²) in [5.74, 6) is -1.21. The minimum absolute atomic E-state index is 0.0305. The number of carbonyl (C=O) groups is 2. The molecule has 0 radical (unpaired) electrons. The molecule has 0 spiro atoms. The number of aromatic hydroxyl groups is 2. The van der Waals surface area contributed by atoms with Crippen LogP contribution < -0.4 is 5.32 Å². The lowest BCUT2D eigenvalue weighted by Gasteiger charge is -2.46. The summed E-state index contributed by atoms with van der Waals surface area (Å²) in [6.07, 6.45) is -4.67. The molecule has 2 amide bonds. The van der Waals surface area contributed by atoms with Crippen LogP contribution in [0.3, 0.4) is 0 Å². The van der Waals surface area contributed by atoms with Crippen LogP contribution in [0, 0.1) is 0 Å². The summed E-state index contributed by atoms with van der Waals surface area (Å²) in [7, 11) is 1.37. The van der Waals surface area contributed by atoms with Crippen molar-refractivity contribution in [1.82, 2.24) is 14.5 Å². The van der Waals surface area contributed by atoms with E-state index in [4.69, 9.17) is 9.47 Å². The van der Waals surface area contributed by atoms with E-state index in [-0.39, 0.29) is 22.6 Å². The van der Waals surface area contributed by atoms with Gasteiger partial charge < -0.3 is 39.0 Å². The van der Waals surface area contributed by atoms with Gasteiger partial charge in [0, 0.05) is 34.2 Å². The van der Waals surface area contributed by atoms with Crippen molar-refractivity contribution in [2.45, 2.75) is 30.8 Å². The van der Waals surface area contributed by atoms with Crippen molar-refractivity contribution in [3.8, 4) is 11.5 Å². The number of amides is 2. The summed E-state index contributed by atoms with van der Waals surface area (Å²) >= 11 is 0. The average molecular weight is 501 g/mol. The lowest BCUT2D eigenvalue weighted by molar-refractivity contribution is -0.287. The van der Waals surface area contributed by atoms with Crippen LogP contribution >= 0.6 is 0 Å². The molecular weight excluding hydrogens is 482 g/mol. The summed E-state index contributed by atoms with van der Waals surface area (Å²) in [5, 5.41) is 47.3. The normalized spacial score (nSPS) is 26.5. The average Bonchev–Trinajstić information content (AvgIpc) is 3.46. The predicted molar refractivity (Wildman–Crippen MR) is 130 cm³/mol. The highest BCUT2D eigenvalue weighted by atomic mass is 16.7. The van der Waals surface area contributed by atoms with E-state index in [9.17, 15) is 30.0 Å². The molecule has 0 bridgehead atoms. The van der Waals surface area contributed by atoms with Gasteiger partial charge >= 0.3 is 0 Å². The van der Waals surface area contributed by atoms with Gasteiger partial charge in [-0.3, -0.25) is 14.9 Å². The molecule has 2 aromatic heterocycles. The van der Waals surface area contributed by atoms with E-state index < -0.39 is 42.6 Å². The van der Waals surface area contributed by atoms with Gasteiger partial charge in [-0.05, 0) is 36.4 Å². The third-order valence-corrected chi connectivity index (χ3v) is 7.99. The Morgan fingerprint density at radius 2 is 1.41 bits per heavy atom. The first-order valence-corrected chi connectivity index (χ1v) is 11.7. The molecule has 0 aliphatic carbocycles. The van der Waals surface area contributed by atoms with Crippen LogP contribution in [0.4, 0.5) is 0 Å². The molecule has 0 saturated carbocycles. The summed E-state index contributed by atoms with van der Waals surface area (Å²) in [4.78, 5) is 26.4. The van der Waals surface area contributed by atoms with Gasteiger partial charge in [-0.15, -0.1) is 0 Å². The van der Waals surface area contributed by atoms with E-state index in [2.05, 4.69) is 5.32 Å². The van der Waals surface area contributed by atoms with Crippen molar-refractivity contribution in [3.05, 3.63) is 47.5 Å². The predicted octanol–water partition coefficient (Wildman–Crippen LogP) is 1.97. The second-order valence-electron chi connectivity index (χ2n) is 9.72. The smallest absolute Gasteiger partial charge is 0.259 e. The monoisotopic (exact) mass is 501 g/mol. The summed E-state index contributed by atoms with van der Waals surface area (Å²) in [5.41, 5.74) is 2.61. The minimum atomic E-state index is -1.45. The number of phenols is 2. The summed E-state index contributed by atoms with van der Waals surface area (Å²) in [6, 6.07) is 8.58. The molecular formula is C26H19N3O8. The van der Waals surface area contributed by atoms with E-state index in [0.29, 0.717) is 43.6 Å². The number of methoxy groups -OCH3 is 1. The Labute approximate surface area is 206 Å². The van der Waals surface area contributed by atoms with Crippen molar-refractivity contribution in [3.63, 3.8) is 0 Å². The Morgan fingerprint density at radius 3 is 1.97 bits per heavy atom. The van der Waals surface area contributed by atoms with Crippen molar-refractivity contribution < 1.29 is 39.5 Å². The van der Waals surface area contributed by atoms with Gasteiger partial charge in [-0.1, -0.05) is 0 Å². The summed E-state index contributed by atoms with van der Waals surface area (Å²) in [6.45, 7) is 0. The van der Waals surface area contributed by atoms with Crippen LogP contribution in [-0.4, -0.2) is 67.0 Å². The molecule has 5 heterocycles. The maximum absolute atomic E-state index is 13.2. The first-order valence-electron chi connectivity index (χ1n) is 11.7. The third-order valence-electron chi connectivity index (χ3n) is 7.99. The Hall–Kier alpha value is -4.16. The number of hydrogen-bond acceptors (Lipinski definition) is 8. The number of ether oxygens (including phenoxy) is 2. The molecule has 11 nitrogen and oxygen atoms in total. The van der Waals surface area contributed by atoms with E-state index >= 15 is 0 Å². The van der Waals surface area contributed by atoms with E-state index in [1.807, 2.05) is 4.57 Å². The Kier molecular flexibility index (Phi) is 3.73. The Bertz CT molecular complexity index is 1900. The maximum Gasteiger partial charge on any atom is 0.259 e. The van der Waals surface area contributed by atoms with Gasteiger partial charge in [0.2, 0.25) is 0 Å². The van der Waals surface area contributed by atoms with Gasteiger partial charge in [0.1, 0.15) is 29.7 Å². The van der Waals surface area contributed by atoms with Gasteiger partial charge in [0.25, 0.3) is 11.8 Å². The van der Waals surface area contributed by atoms with Gasteiger partial charge in [-0.25, -0.2) is 0 Å². The molecule has 5 unspecified atom stereocenters. The molecule has 5 aromatic rings. The van der Waals surface area contributed by atoms with Crippen LogP contribution in [-0.2, 0) is 9.47 Å². The van der Waals surface area contributed by atoms with Crippen LogP contribution in [0.15, 0.2) is 36.4 Å². The zero-order chi connectivity index (χ0) is 25.5. The first kappa shape index (κ1) is 21.0. The van der Waals surface area contributed by atoms with Crippen molar-refractivity contribution in [1.29, 1.82) is 0 Å². The molecule has 5 atom stereocenters. The first-order chi connectivity index (χ1) is 17.8. The maximum atomic E-state index is 13.2. The number of phenolic OH excluding ortho intramolecular Hbond substituents is 2. The number of rotatable bonds is 1. The molecule has 1 saturated heterocycles. The number of benzene rings is 3. The number of aliphatic hydroxyl groups is 2.